The molecule has 21 heavy (non-hydrogen) atoms. The van der Waals surface area contributed by atoms with Gasteiger partial charge in [0.15, 0.2) is 11.5 Å². The molecule has 0 aliphatic heterocycles. The van der Waals surface area contributed by atoms with Crippen molar-refractivity contribution in [3.8, 4) is 11.5 Å². The number of sulfonamides is 1. The minimum Gasteiger partial charge on any atom is -0.504 e. The van der Waals surface area contributed by atoms with Crippen LogP contribution in [0.4, 0.5) is 5.69 Å². The van der Waals surface area contributed by atoms with Crippen molar-refractivity contribution in [2.45, 2.75) is 4.90 Å². The average Bonchev–Trinajstić information content (AvgIpc) is 2.41. The first kappa shape index (κ1) is 15.8. The smallest absolute Gasteiger partial charge is 0.263 e. The molecule has 0 aliphatic rings. The molecule has 0 spiro atoms. The highest BCUT2D eigenvalue weighted by Crippen LogP contribution is 2.32. The number of anilines is 1. The minimum atomic E-state index is -3.92. The topological polar surface area (TPSA) is 75.6 Å². The Hall–Kier alpha value is -1.63. The first-order chi connectivity index (χ1) is 9.85. The van der Waals surface area contributed by atoms with Crippen LogP contribution in [0.15, 0.2) is 41.3 Å². The van der Waals surface area contributed by atoms with E-state index in [4.69, 9.17) is 27.9 Å². The standard InChI is InChI=1S/C13H11Cl2NO4S/c1-20-11-6-5-8(7-10(11)17)16-21(18,19)12-4-2-3-9(14)13(12)15/h2-7,16-17H,1H3. The van der Waals surface area contributed by atoms with Crippen LogP contribution in [-0.2, 0) is 10.0 Å². The lowest BCUT2D eigenvalue weighted by atomic mass is 10.3. The molecule has 0 aromatic heterocycles. The highest BCUT2D eigenvalue weighted by atomic mass is 35.5. The molecule has 2 aromatic carbocycles. The number of benzene rings is 2. The van der Waals surface area contributed by atoms with Crippen molar-refractivity contribution in [2.75, 3.05) is 11.8 Å². The summed E-state index contributed by atoms with van der Waals surface area (Å²) in [6.45, 7) is 0. The molecule has 0 heterocycles. The lowest BCUT2D eigenvalue weighted by molar-refractivity contribution is 0.373. The van der Waals surface area contributed by atoms with Gasteiger partial charge in [-0.2, -0.15) is 0 Å². The number of phenols is 1. The first-order valence-electron chi connectivity index (χ1n) is 5.69. The van der Waals surface area contributed by atoms with Gasteiger partial charge in [-0.3, -0.25) is 4.72 Å². The molecule has 0 saturated carbocycles. The minimum absolute atomic E-state index is 0.0654. The largest absolute Gasteiger partial charge is 0.504 e. The monoisotopic (exact) mass is 347 g/mol. The molecular weight excluding hydrogens is 337 g/mol. The Morgan fingerprint density at radius 2 is 1.90 bits per heavy atom. The van der Waals surface area contributed by atoms with Crippen molar-refractivity contribution in [3.05, 3.63) is 46.4 Å². The van der Waals surface area contributed by atoms with Crippen molar-refractivity contribution in [2.24, 2.45) is 0 Å². The molecule has 0 fully saturated rings. The van der Waals surface area contributed by atoms with Crippen LogP contribution in [-0.4, -0.2) is 20.6 Å². The number of aromatic hydroxyl groups is 1. The van der Waals surface area contributed by atoms with Crippen molar-refractivity contribution >= 4 is 38.9 Å². The second-order valence-corrected chi connectivity index (χ2v) is 6.48. The molecule has 0 atom stereocenters. The summed E-state index contributed by atoms with van der Waals surface area (Å²) in [6, 6.07) is 8.42. The Morgan fingerprint density at radius 3 is 2.52 bits per heavy atom. The summed E-state index contributed by atoms with van der Waals surface area (Å²) < 4.78 is 31.7. The molecule has 8 heteroatoms. The van der Waals surface area contributed by atoms with Crippen LogP contribution in [0.1, 0.15) is 0 Å². The van der Waals surface area contributed by atoms with Gasteiger partial charge in [-0.05, 0) is 24.3 Å². The van der Waals surface area contributed by atoms with Crippen LogP contribution in [0.2, 0.25) is 10.0 Å². The van der Waals surface area contributed by atoms with Crippen LogP contribution in [0.5, 0.6) is 11.5 Å². The van der Waals surface area contributed by atoms with Crippen LogP contribution >= 0.6 is 23.2 Å². The summed E-state index contributed by atoms with van der Waals surface area (Å²) in [5.41, 5.74) is 0.171. The SMILES string of the molecule is COc1ccc(NS(=O)(=O)c2cccc(Cl)c2Cl)cc1O. The average molecular weight is 348 g/mol. The molecule has 0 bridgehead atoms. The predicted molar refractivity (Wildman–Crippen MR) is 81.9 cm³/mol. The molecule has 0 saturated heterocycles. The lowest BCUT2D eigenvalue weighted by Crippen LogP contribution is -2.13. The molecule has 0 radical (unpaired) electrons. The number of hydrogen-bond acceptors (Lipinski definition) is 4. The number of methoxy groups -OCH3 is 1. The zero-order valence-electron chi connectivity index (χ0n) is 10.8. The van der Waals surface area contributed by atoms with Crippen LogP contribution in [0.3, 0.4) is 0 Å². The first-order valence-corrected chi connectivity index (χ1v) is 7.93. The van der Waals surface area contributed by atoms with E-state index in [1.807, 2.05) is 0 Å². The molecule has 0 unspecified atom stereocenters. The van der Waals surface area contributed by atoms with E-state index in [1.165, 1.54) is 43.5 Å². The van der Waals surface area contributed by atoms with E-state index in [0.29, 0.717) is 0 Å². The van der Waals surface area contributed by atoms with E-state index in [1.54, 1.807) is 0 Å². The summed E-state index contributed by atoms with van der Waals surface area (Å²) in [7, 11) is -2.53. The Balaban J connectivity index is 2.38. The van der Waals surface area contributed by atoms with Crippen LogP contribution < -0.4 is 9.46 Å². The molecule has 2 aromatic rings. The van der Waals surface area contributed by atoms with E-state index in [-0.39, 0.29) is 32.1 Å². The van der Waals surface area contributed by atoms with Gasteiger partial charge in [-0.25, -0.2) is 8.42 Å². The number of rotatable bonds is 4. The molecule has 112 valence electrons. The number of nitrogens with one attached hydrogen (secondary N) is 1. The lowest BCUT2D eigenvalue weighted by Gasteiger charge is -2.11. The maximum Gasteiger partial charge on any atom is 0.263 e. The third-order valence-corrected chi connectivity index (χ3v) is 4.99. The summed E-state index contributed by atoms with van der Waals surface area (Å²) in [5.74, 6) is 0.0497. The van der Waals surface area contributed by atoms with Crippen LogP contribution in [0, 0.1) is 0 Å². The van der Waals surface area contributed by atoms with E-state index in [0.717, 1.165) is 0 Å². The Bertz CT molecular complexity index is 778. The third-order valence-electron chi connectivity index (χ3n) is 2.64. The summed E-state index contributed by atoms with van der Waals surface area (Å²) in [4.78, 5) is -0.146. The predicted octanol–water partition coefficient (Wildman–Crippen LogP) is 3.51. The summed E-state index contributed by atoms with van der Waals surface area (Å²) >= 11 is 11.7. The zero-order valence-corrected chi connectivity index (χ0v) is 13.1. The Kier molecular flexibility index (Phi) is 4.51. The quantitative estimate of drug-likeness (QED) is 0.887. The fraction of sp³-hybridized carbons (Fsp3) is 0.0769. The maximum absolute atomic E-state index is 12.3. The second-order valence-electron chi connectivity index (χ2n) is 4.04. The highest BCUT2D eigenvalue weighted by molar-refractivity contribution is 7.92. The van der Waals surface area contributed by atoms with Crippen molar-refractivity contribution < 1.29 is 18.3 Å². The zero-order chi connectivity index (χ0) is 15.6. The van der Waals surface area contributed by atoms with Gasteiger partial charge < -0.3 is 9.84 Å². The molecule has 2 rings (SSSR count). The number of ether oxygens (including phenoxy) is 1. The fourth-order valence-electron chi connectivity index (χ4n) is 1.66. The van der Waals surface area contributed by atoms with Gasteiger partial charge in [-0.15, -0.1) is 0 Å². The van der Waals surface area contributed by atoms with Gasteiger partial charge in [0.2, 0.25) is 0 Å². The molecule has 0 amide bonds. The normalized spacial score (nSPS) is 11.2. The Labute approximate surface area is 132 Å². The van der Waals surface area contributed by atoms with Crippen LogP contribution in [0.25, 0.3) is 0 Å². The Morgan fingerprint density at radius 1 is 1.19 bits per heavy atom. The summed E-state index contributed by atoms with van der Waals surface area (Å²) in [6.07, 6.45) is 0. The van der Waals surface area contributed by atoms with Gasteiger partial charge in [0.05, 0.1) is 22.8 Å². The van der Waals surface area contributed by atoms with Gasteiger partial charge in [0.1, 0.15) is 4.90 Å². The second kappa shape index (κ2) is 6.01. The molecule has 0 aliphatic carbocycles. The van der Waals surface area contributed by atoms with E-state index >= 15 is 0 Å². The number of hydrogen-bond donors (Lipinski definition) is 2. The fourth-order valence-corrected chi connectivity index (χ4v) is 3.47. The summed E-state index contributed by atoms with van der Waals surface area (Å²) in [5, 5.41) is 9.72. The van der Waals surface area contributed by atoms with Gasteiger partial charge in [0, 0.05) is 6.07 Å². The maximum atomic E-state index is 12.3. The van der Waals surface area contributed by atoms with Crippen molar-refractivity contribution in [1.82, 2.24) is 0 Å². The van der Waals surface area contributed by atoms with Gasteiger partial charge in [-0.1, -0.05) is 29.3 Å². The molecule has 5 nitrogen and oxygen atoms in total. The van der Waals surface area contributed by atoms with E-state index < -0.39 is 10.0 Å². The van der Waals surface area contributed by atoms with E-state index in [2.05, 4.69) is 4.72 Å². The number of halogens is 2. The number of phenolic OH excluding ortho intramolecular Hbond substituents is 1. The third kappa shape index (κ3) is 3.34. The van der Waals surface area contributed by atoms with Gasteiger partial charge in [0.25, 0.3) is 10.0 Å². The molecule has 2 N–H and O–H groups in total. The van der Waals surface area contributed by atoms with Gasteiger partial charge >= 0.3 is 0 Å². The highest BCUT2D eigenvalue weighted by Gasteiger charge is 2.20. The van der Waals surface area contributed by atoms with Crippen molar-refractivity contribution in [3.63, 3.8) is 0 Å². The van der Waals surface area contributed by atoms with E-state index in [9.17, 15) is 13.5 Å². The van der Waals surface area contributed by atoms with Crippen molar-refractivity contribution in [1.29, 1.82) is 0 Å². The molecular formula is C13H11Cl2NO4S.